The van der Waals surface area contributed by atoms with Crippen LogP contribution in [0, 0.1) is 5.41 Å². The number of halogens is 6. The molecule has 0 aromatic carbocycles. The van der Waals surface area contributed by atoms with Crippen LogP contribution in [0.4, 0.5) is 26.3 Å². The van der Waals surface area contributed by atoms with E-state index in [1.807, 2.05) is 0 Å². The van der Waals surface area contributed by atoms with Crippen LogP contribution in [0.1, 0.15) is 6.42 Å². The Morgan fingerprint density at radius 2 is 1.53 bits per heavy atom. The molecule has 0 aromatic rings. The van der Waals surface area contributed by atoms with Crippen LogP contribution in [0.2, 0.25) is 0 Å². The van der Waals surface area contributed by atoms with E-state index in [0.29, 0.717) is 0 Å². The number of hydrogen-bond acceptors (Lipinski definition) is 2. The van der Waals surface area contributed by atoms with E-state index in [0.717, 1.165) is 0 Å². The zero-order valence-electron chi connectivity index (χ0n) is 7.24. The van der Waals surface area contributed by atoms with Gasteiger partial charge in [-0.3, -0.25) is 5.41 Å². The van der Waals surface area contributed by atoms with Crippen molar-refractivity contribution >= 4 is 5.84 Å². The van der Waals surface area contributed by atoms with Gasteiger partial charge in [0.15, 0.2) is 0 Å². The third kappa shape index (κ3) is 5.45. The summed E-state index contributed by atoms with van der Waals surface area (Å²) in [6.45, 7) is -0.904. The SMILES string of the molecule is N=C(N)CCOC(C(F)(F)F)C(F)(F)F. The third-order valence-electron chi connectivity index (χ3n) is 1.25. The van der Waals surface area contributed by atoms with Gasteiger partial charge in [0.1, 0.15) is 0 Å². The highest BCUT2D eigenvalue weighted by atomic mass is 19.4. The van der Waals surface area contributed by atoms with Gasteiger partial charge < -0.3 is 10.5 Å². The normalized spacial score (nSPS) is 13.3. The Bertz CT molecular complexity index is 209. The maximum absolute atomic E-state index is 11.8. The van der Waals surface area contributed by atoms with Crippen LogP contribution in [0.5, 0.6) is 0 Å². The van der Waals surface area contributed by atoms with Crippen molar-refractivity contribution in [3.63, 3.8) is 0 Å². The predicted molar refractivity (Wildman–Crippen MR) is 38.4 cm³/mol. The van der Waals surface area contributed by atoms with E-state index in [1.54, 1.807) is 0 Å². The molecule has 0 radical (unpaired) electrons. The Balaban J connectivity index is 4.35. The van der Waals surface area contributed by atoms with Gasteiger partial charge in [0.25, 0.3) is 0 Å². The van der Waals surface area contributed by atoms with Gasteiger partial charge in [-0.2, -0.15) is 26.3 Å². The second-order valence-corrected chi connectivity index (χ2v) is 2.61. The first-order chi connectivity index (χ1) is 6.55. The molecule has 0 aromatic heterocycles. The van der Waals surface area contributed by atoms with E-state index >= 15 is 0 Å². The first-order valence-electron chi connectivity index (χ1n) is 3.63. The molecule has 0 amide bonds. The van der Waals surface area contributed by atoms with Crippen LogP contribution in [-0.2, 0) is 4.74 Å². The summed E-state index contributed by atoms with van der Waals surface area (Å²) in [4.78, 5) is 0. The van der Waals surface area contributed by atoms with Crippen LogP contribution in [0.25, 0.3) is 0 Å². The van der Waals surface area contributed by atoms with Gasteiger partial charge in [0.05, 0.1) is 12.4 Å². The Kier molecular flexibility index (Phi) is 4.38. The highest BCUT2D eigenvalue weighted by molar-refractivity contribution is 5.76. The highest BCUT2D eigenvalue weighted by Crippen LogP contribution is 2.35. The summed E-state index contributed by atoms with van der Waals surface area (Å²) in [5.74, 6) is -0.543. The van der Waals surface area contributed by atoms with E-state index < -0.39 is 37.3 Å². The molecular formula is C6H8F6N2O. The minimum Gasteiger partial charge on any atom is -0.388 e. The smallest absolute Gasteiger partial charge is 0.388 e. The van der Waals surface area contributed by atoms with Crippen molar-refractivity contribution in [3.05, 3.63) is 0 Å². The number of alkyl halides is 6. The molecule has 0 rings (SSSR count). The molecule has 0 atom stereocenters. The molecule has 0 aliphatic rings. The first-order valence-corrected chi connectivity index (χ1v) is 3.63. The zero-order valence-corrected chi connectivity index (χ0v) is 7.24. The number of nitrogens with one attached hydrogen (secondary N) is 1. The van der Waals surface area contributed by atoms with Crippen molar-refractivity contribution in [1.82, 2.24) is 0 Å². The minimum atomic E-state index is -5.52. The molecule has 0 saturated heterocycles. The molecule has 0 fully saturated rings. The van der Waals surface area contributed by atoms with Gasteiger partial charge >= 0.3 is 12.4 Å². The molecule has 0 unspecified atom stereocenters. The molecule has 90 valence electrons. The number of nitrogens with two attached hydrogens (primary N) is 1. The van der Waals surface area contributed by atoms with Gasteiger partial charge in [-0.25, -0.2) is 0 Å². The van der Waals surface area contributed by atoms with Crippen molar-refractivity contribution < 1.29 is 31.1 Å². The van der Waals surface area contributed by atoms with Crippen molar-refractivity contribution in [2.24, 2.45) is 5.73 Å². The molecule has 0 heterocycles. The average Bonchev–Trinajstić information content (AvgIpc) is 1.92. The largest absolute Gasteiger partial charge is 0.423 e. The van der Waals surface area contributed by atoms with E-state index in [-0.39, 0.29) is 0 Å². The lowest BCUT2D eigenvalue weighted by atomic mass is 10.3. The fourth-order valence-electron chi connectivity index (χ4n) is 0.661. The summed E-state index contributed by atoms with van der Waals surface area (Å²) in [5.41, 5.74) is 4.74. The van der Waals surface area contributed by atoms with Gasteiger partial charge in [0, 0.05) is 6.42 Å². The molecule has 15 heavy (non-hydrogen) atoms. The second-order valence-electron chi connectivity index (χ2n) is 2.61. The van der Waals surface area contributed by atoms with Crippen molar-refractivity contribution in [2.75, 3.05) is 6.61 Å². The Hall–Kier alpha value is -0.990. The number of rotatable bonds is 4. The van der Waals surface area contributed by atoms with Gasteiger partial charge in [-0.05, 0) is 0 Å². The Morgan fingerprint density at radius 1 is 1.13 bits per heavy atom. The van der Waals surface area contributed by atoms with E-state index in [2.05, 4.69) is 4.74 Å². The van der Waals surface area contributed by atoms with E-state index in [4.69, 9.17) is 11.1 Å². The number of hydrogen-bond donors (Lipinski definition) is 2. The molecule has 3 N–H and O–H groups in total. The standard InChI is InChI=1S/C6H8F6N2O/c7-5(8,9)4(6(10,11)12)15-2-1-3(13)14/h4H,1-2H2,(H3,13,14). The van der Waals surface area contributed by atoms with Crippen LogP contribution in [0.3, 0.4) is 0 Å². The zero-order chi connectivity index (χ0) is 12.3. The van der Waals surface area contributed by atoms with Gasteiger partial charge in [0.2, 0.25) is 6.10 Å². The lowest BCUT2D eigenvalue weighted by molar-refractivity contribution is -0.321. The molecule has 9 heteroatoms. The summed E-state index contributed by atoms with van der Waals surface area (Å²) in [7, 11) is 0. The van der Waals surface area contributed by atoms with Crippen LogP contribution in [-0.4, -0.2) is 30.9 Å². The first kappa shape index (κ1) is 14.0. The highest BCUT2D eigenvalue weighted by Gasteiger charge is 2.57. The summed E-state index contributed by atoms with van der Waals surface area (Å²) in [6.07, 6.45) is -15.4. The summed E-state index contributed by atoms with van der Waals surface area (Å²) in [5, 5.41) is 6.59. The number of amidine groups is 1. The monoisotopic (exact) mass is 238 g/mol. The average molecular weight is 238 g/mol. The van der Waals surface area contributed by atoms with Crippen molar-refractivity contribution in [3.8, 4) is 0 Å². The molecule has 0 bridgehead atoms. The summed E-state index contributed by atoms with van der Waals surface area (Å²) >= 11 is 0. The fraction of sp³-hybridized carbons (Fsp3) is 0.833. The molecule has 0 saturated carbocycles. The van der Waals surface area contributed by atoms with Crippen molar-refractivity contribution in [1.29, 1.82) is 5.41 Å². The maximum Gasteiger partial charge on any atom is 0.423 e. The molecule has 0 spiro atoms. The van der Waals surface area contributed by atoms with E-state index in [1.165, 1.54) is 0 Å². The van der Waals surface area contributed by atoms with Gasteiger partial charge in [-0.1, -0.05) is 0 Å². The third-order valence-corrected chi connectivity index (χ3v) is 1.25. The fourth-order valence-corrected chi connectivity index (χ4v) is 0.661. The Labute approximate surface area is 80.7 Å². The molecular weight excluding hydrogens is 230 g/mol. The quantitative estimate of drug-likeness (QED) is 0.446. The lowest BCUT2D eigenvalue weighted by Gasteiger charge is -2.22. The summed E-state index contributed by atoms with van der Waals surface area (Å²) < 4.78 is 74.5. The minimum absolute atomic E-state index is 0.483. The van der Waals surface area contributed by atoms with Crippen LogP contribution < -0.4 is 5.73 Å². The Morgan fingerprint density at radius 3 is 1.80 bits per heavy atom. The molecule has 3 nitrogen and oxygen atoms in total. The topological polar surface area (TPSA) is 59.1 Å². The van der Waals surface area contributed by atoms with Gasteiger partial charge in [-0.15, -0.1) is 0 Å². The van der Waals surface area contributed by atoms with E-state index in [9.17, 15) is 26.3 Å². The second kappa shape index (κ2) is 4.69. The maximum atomic E-state index is 11.8. The predicted octanol–water partition coefficient (Wildman–Crippen LogP) is 1.82. The molecule has 0 aliphatic heterocycles. The molecule has 0 aliphatic carbocycles. The van der Waals surface area contributed by atoms with Crippen molar-refractivity contribution in [2.45, 2.75) is 24.9 Å². The number of ether oxygens (including phenoxy) is 1. The summed E-state index contributed by atoms with van der Waals surface area (Å²) in [6, 6.07) is 0. The van der Waals surface area contributed by atoms with Crippen LogP contribution >= 0.6 is 0 Å². The van der Waals surface area contributed by atoms with Crippen LogP contribution in [0.15, 0.2) is 0 Å². The lowest BCUT2D eigenvalue weighted by Crippen LogP contribution is -2.44.